The quantitative estimate of drug-likeness (QED) is 0.674. The Kier molecular flexibility index (Phi) is 4.39. The molecule has 2 heterocycles. The number of nitrogen functional groups attached to an aromatic ring is 1. The molecule has 22 heavy (non-hydrogen) atoms. The lowest BCUT2D eigenvalue weighted by molar-refractivity contribution is 0.613. The summed E-state index contributed by atoms with van der Waals surface area (Å²) in [7, 11) is 2.00. The highest BCUT2D eigenvalue weighted by Crippen LogP contribution is 2.35. The van der Waals surface area contributed by atoms with Crippen molar-refractivity contribution in [3.05, 3.63) is 22.5 Å². The van der Waals surface area contributed by atoms with Gasteiger partial charge in [-0.1, -0.05) is 6.42 Å². The molecule has 1 aliphatic rings. The molecule has 0 amide bonds. The van der Waals surface area contributed by atoms with Crippen LogP contribution in [-0.4, -0.2) is 23.1 Å². The summed E-state index contributed by atoms with van der Waals surface area (Å²) in [6, 6.07) is 0. The lowest BCUT2D eigenvalue weighted by atomic mass is 10.0. The van der Waals surface area contributed by atoms with E-state index < -0.39 is 0 Å². The molecule has 120 valence electrons. The topological polar surface area (TPSA) is 55.9 Å². The van der Waals surface area contributed by atoms with Crippen molar-refractivity contribution < 1.29 is 0 Å². The number of nitrogens with one attached hydrogen (secondary N) is 1. The van der Waals surface area contributed by atoms with Gasteiger partial charge in [0.1, 0.15) is 5.65 Å². The summed E-state index contributed by atoms with van der Waals surface area (Å²) < 4.78 is 2.36. The fourth-order valence-electron chi connectivity index (χ4n) is 3.73. The van der Waals surface area contributed by atoms with E-state index in [1.807, 2.05) is 7.05 Å². The van der Waals surface area contributed by atoms with Gasteiger partial charge in [-0.2, -0.15) is 0 Å². The third kappa shape index (κ3) is 2.50. The van der Waals surface area contributed by atoms with Crippen LogP contribution >= 0.6 is 0 Å². The summed E-state index contributed by atoms with van der Waals surface area (Å²) in [6.07, 6.45) is 7.05. The van der Waals surface area contributed by atoms with Gasteiger partial charge in [0, 0.05) is 29.0 Å². The lowest BCUT2D eigenvalue weighted by Gasteiger charge is -2.12. The van der Waals surface area contributed by atoms with Gasteiger partial charge < -0.3 is 15.6 Å². The van der Waals surface area contributed by atoms with Crippen molar-refractivity contribution in [2.45, 2.75) is 58.9 Å². The maximum absolute atomic E-state index is 6.58. The van der Waals surface area contributed by atoms with Crippen molar-refractivity contribution >= 4 is 16.7 Å². The van der Waals surface area contributed by atoms with Crippen LogP contribution in [0.2, 0.25) is 0 Å². The molecule has 2 aromatic rings. The number of pyridine rings is 1. The van der Waals surface area contributed by atoms with Crippen LogP contribution in [0.25, 0.3) is 11.0 Å². The van der Waals surface area contributed by atoms with Gasteiger partial charge in [-0.05, 0) is 70.7 Å². The minimum atomic E-state index is 0.995. The second-order valence-electron chi connectivity index (χ2n) is 6.53. The summed E-state index contributed by atoms with van der Waals surface area (Å²) in [6.45, 7) is 6.41. The van der Waals surface area contributed by atoms with Crippen LogP contribution in [-0.2, 0) is 19.4 Å². The fraction of sp³-hybridized carbons (Fsp3) is 0.611. The predicted molar refractivity (Wildman–Crippen MR) is 93.4 cm³/mol. The molecule has 0 atom stereocenters. The normalized spacial score (nSPS) is 15.0. The van der Waals surface area contributed by atoms with Crippen LogP contribution < -0.4 is 11.1 Å². The predicted octanol–water partition coefficient (Wildman–Crippen LogP) is 3.11. The number of rotatable bonds is 4. The molecule has 0 spiro atoms. The first-order valence-corrected chi connectivity index (χ1v) is 8.56. The summed E-state index contributed by atoms with van der Waals surface area (Å²) in [5.41, 5.74) is 13.9. The van der Waals surface area contributed by atoms with Crippen LogP contribution in [0.1, 0.15) is 48.2 Å². The Hall–Kier alpha value is -1.55. The van der Waals surface area contributed by atoms with Gasteiger partial charge >= 0.3 is 0 Å². The van der Waals surface area contributed by atoms with Crippen molar-refractivity contribution in [2.24, 2.45) is 0 Å². The highest BCUT2D eigenvalue weighted by Gasteiger charge is 2.21. The fourth-order valence-corrected chi connectivity index (χ4v) is 3.73. The second-order valence-corrected chi connectivity index (χ2v) is 6.53. The Bertz CT molecular complexity index is 684. The second kappa shape index (κ2) is 6.29. The molecule has 0 radical (unpaired) electrons. The minimum Gasteiger partial charge on any atom is -0.398 e. The average Bonchev–Trinajstić information content (AvgIpc) is 2.69. The number of aromatic nitrogens is 2. The van der Waals surface area contributed by atoms with E-state index in [4.69, 9.17) is 10.7 Å². The van der Waals surface area contributed by atoms with E-state index in [0.717, 1.165) is 43.7 Å². The van der Waals surface area contributed by atoms with Crippen LogP contribution in [0.5, 0.6) is 0 Å². The molecule has 0 saturated heterocycles. The molecule has 0 bridgehead atoms. The molecule has 1 aliphatic carbocycles. The Balaban J connectivity index is 2.15. The van der Waals surface area contributed by atoms with Crippen molar-refractivity contribution in [3.8, 4) is 0 Å². The summed E-state index contributed by atoms with van der Waals surface area (Å²) >= 11 is 0. The minimum absolute atomic E-state index is 0.995. The van der Waals surface area contributed by atoms with Crippen LogP contribution in [0, 0.1) is 13.8 Å². The molecule has 4 nitrogen and oxygen atoms in total. The summed E-state index contributed by atoms with van der Waals surface area (Å²) in [5, 5.41) is 4.42. The number of fused-ring (bicyclic) bond motifs is 2. The van der Waals surface area contributed by atoms with E-state index in [1.54, 1.807) is 0 Å². The molecule has 0 fully saturated rings. The lowest BCUT2D eigenvalue weighted by Crippen LogP contribution is -2.12. The third-order valence-corrected chi connectivity index (χ3v) is 5.13. The zero-order valence-corrected chi connectivity index (χ0v) is 14.1. The van der Waals surface area contributed by atoms with Gasteiger partial charge in [0.05, 0.1) is 0 Å². The maximum atomic E-state index is 6.58. The Morgan fingerprint density at radius 1 is 1.18 bits per heavy atom. The summed E-state index contributed by atoms with van der Waals surface area (Å²) in [5.74, 6) is 0. The van der Waals surface area contributed by atoms with E-state index in [0.29, 0.717) is 0 Å². The molecule has 0 unspecified atom stereocenters. The first-order valence-electron chi connectivity index (χ1n) is 8.56. The molecule has 2 aromatic heterocycles. The van der Waals surface area contributed by atoms with Gasteiger partial charge in [0.25, 0.3) is 0 Å². The zero-order valence-electron chi connectivity index (χ0n) is 14.1. The third-order valence-electron chi connectivity index (χ3n) is 5.13. The number of aryl methyl sites for hydroxylation is 3. The van der Waals surface area contributed by atoms with Gasteiger partial charge in [-0.3, -0.25) is 0 Å². The molecular formula is C18H28N4. The Morgan fingerprint density at radius 2 is 1.95 bits per heavy atom. The number of hydrogen-bond acceptors (Lipinski definition) is 3. The van der Waals surface area contributed by atoms with Gasteiger partial charge in [0.2, 0.25) is 0 Å². The average molecular weight is 300 g/mol. The molecule has 0 aliphatic heterocycles. The van der Waals surface area contributed by atoms with Crippen molar-refractivity contribution in [1.82, 2.24) is 14.9 Å². The Labute approximate surface area is 133 Å². The van der Waals surface area contributed by atoms with Crippen molar-refractivity contribution in [3.63, 3.8) is 0 Å². The van der Waals surface area contributed by atoms with E-state index in [-0.39, 0.29) is 0 Å². The molecule has 4 heteroatoms. The monoisotopic (exact) mass is 300 g/mol. The molecule has 3 N–H and O–H groups in total. The van der Waals surface area contributed by atoms with E-state index >= 15 is 0 Å². The zero-order chi connectivity index (χ0) is 15.7. The largest absolute Gasteiger partial charge is 0.398 e. The first-order chi connectivity index (χ1) is 10.6. The standard InChI is InChI=1S/C18H28N4/c1-12-13(2)22(11-7-10-20-3)18-16(12)17(19)14-8-5-4-6-9-15(14)21-18/h20H,4-11H2,1-3H3,(H2,19,21). The van der Waals surface area contributed by atoms with Crippen molar-refractivity contribution in [1.29, 1.82) is 0 Å². The van der Waals surface area contributed by atoms with Crippen molar-refractivity contribution in [2.75, 3.05) is 19.3 Å². The van der Waals surface area contributed by atoms with E-state index in [1.165, 1.54) is 47.2 Å². The smallest absolute Gasteiger partial charge is 0.142 e. The van der Waals surface area contributed by atoms with Gasteiger partial charge in [-0.25, -0.2) is 4.98 Å². The molecule has 0 aromatic carbocycles. The summed E-state index contributed by atoms with van der Waals surface area (Å²) in [4.78, 5) is 5.06. The van der Waals surface area contributed by atoms with E-state index in [9.17, 15) is 0 Å². The van der Waals surface area contributed by atoms with Crippen LogP contribution in [0.15, 0.2) is 0 Å². The number of hydrogen-bond donors (Lipinski definition) is 2. The maximum Gasteiger partial charge on any atom is 0.142 e. The Morgan fingerprint density at radius 3 is 2.73 bits per heavy atom. The van der Waals surface area contributed by atoms with Crippen LogP contribution in [0.4, 0.5) is 5.69 Å². The number of nitrogens with zero attached hydrogens (tertiary/aromatic N) is 2. The van der Waals surface area contributed by atoms with Crippen LogP contribution in [0.3, 0.4) is 0 Å². The first kappa shape index (κ1) is 15.3. The molecular weight excluding hydrogens is 272 g/mol. The molecule has 3 rings (SSSR count). The van der Waals surface area contributed by atoms with E-state index in [2.05, 4.69) is 23.7 Å². The van der Waals surface area contributed by atoms with Gasteiger partial charge in [0.15, 0.2) is 0 Å². The number of nitrogens with two attached hydrogens (primary N) is 1. The highest BCUT2D eigenvalue weighted by atomic mass is 15.1. The SMILES string of the molecule is CNCCCn1c(C)c(C)c2c(N)c3c(nc21)CCCCC3. The van der Waals surface area contributed by atoms with Gasteiger partial charge in [-0.15, -0.1) is 0 Å². The number of anilines is 1. The molecule has 0 saturated carbocycles. The highest BCUT2D eigenvalue weighted by molar-refractivity contribution is 5.95.